The Hall–Kier alpha value is -2.08. The highest BCUT2D eigenvalue weighted by Crippen LogP contribution is 2.26. The van der Waals surface area contributed by atoms with Crippen LogP contribution in [0.2, 0.25) is 0 Å². The van der Waals surface area contributed by atoms with E-state index in [1.807, 2.05) is 6.92 Å². The highest BCUT2D eigenvalue weighted by molar-refractivity contribution is 9.10. The van der Waals surface area contributed by atoms with Crippen LogP contribution in [0.5, 0.6) is 5.75 Å². The molecule has 5 nitrogen and oxygen atoms in total. The Balaban J connectivity index is 2.20. The molecule has 0 saturated heterocycles. The van der Waals surface area contributed by atoms with Gasteiger partial charge in [-0.3, -0.25) is 10.1 Å². The Morgan fingerprint density at radius 3 is 2.70 bits per heavy atom. The van der Waals surface area contributed by atoms with Gasteiger partial charge in [0.05, 0.1) is 10.5 Å². The van der Waals surface area contributed by atoms with Crippen molar-refractivity contribution in [2.75, 3.05) is 5.73 Å². The second kappa shape index (κ2) is 5.92. The second-order valence-corrected chi connectivity index (χ2v) is 5.26. The third kappa shape index (κ3) is 3.27. The van der Waals surface area contributed by atoms with E-state index in [9.17, 15) is 10.1 Å². The van der Waals surface area contributed by atoms with Gasteiger partial charge < -0.3 is 10.5 Å². The summed E-state index contributed by atoms with van der Waals surface area (Å²) in [6.07, 6.45) is 0. The molecule has 0 spiro atoms. The normalized spacial score (nSPS) is 10.3. The predicted octanol–water partition coefficient (Wildman–Crippen LogP) is 3.83. The van der Waals surface area contributed by atoms with E-state index >= 15 is 0 Å². The maximum Gasteiger partial charge on any atom is 0.277 e. The van der Waals surface area contributed by atoms with Crippen LogP contribution in [0.4, 0.5) is 11.4 Å². The first-order valence-electron chi connectivity index (χ1n) is 5.89. The first-order valence-corrected chi connectivity index (χ1v) is 6.68. The molecule has 0 unspecified atom stereocenters. The van der Waals surface area contributed by atoms with Crippen molar-refractivity contribution in [1.29, 1.82) is 0 Å². The molecule has 0 bridgehead atoms. The van der Waals surface area contributed by atoms with Crippen LogP contribution in [-0.2, 0) is 6.61 Å². The summed E-state index contributed by atoms with van der Waals surface area (Å²) in [5.74, 6) is 0.663. The number of nitrogens with zero attached hydrogens (tertiary/aromatic N) is 1. The van der Waals surface area contributed by atoms with E-state index in [0.717, 1.165) is 5.56 Å². The first-order chi connectivity index (χ1) is 9.47. The quantitative estimate of drug-likeness (QED) is 0.522. The van der Waals surface area contributed by atoms with Crippen LogP contribution in [-0.4, -0.2) is 4.92 Å². The topological polar surface area (TPSA) is 78.4 Å². The molecule has 2 aromatic rings. The number of nitro groups is 1. The number of nitro benzene ring substituents is 1. The number of benzene rings is 2. The summed E-state index contributed by atoms with van der Waals surface area (Å²) in [6.45, 7) is 2.01. The standard InChI is InChI=1S/C14H13BrN2O3/c1-9-6-12(16)4-5-14(9)20-8-10-2-3-11(15)7-13(10)17(18)19/h2-7H,8,16H2,1H3. The number of rotatable bonds is 4. The Labute approximate surface area is 124 Å². The minimum Gasteiger partial charge on any atom is -0.488 e. The average molecular weight is 337 g/mol. The minimum atomic E-state index is -0.417. The van der Waals surface area contributed by atoms with E-state index in [-0.39, 0.29) is 12.3 Å². The van der Waals surface area contributed by atoms with Crippen molar-refractivity contribution in [2.45, 2.75) is 13.5 Å². The van der Waals surface area contributed by atoms with Gasteiger partial charge in [-0.05, 0) is 42.8 Å². The van der Waals surface area contributed by atoms with E-state index in [1.165, 1.54) is 6.07 Å². The maximum atomic E-state index is 11.0. The van der Waals surface area contributed by atoms with Crippen molar-refractivity contribution in [1.82, 2.24) is 0 Å². The summed E-state index contributed by atoms with van der Waals surface area (Å²) >= 11 is 3.22. The van der Waals surface area contributed by atoms with E-state index < -0.39 is 4.92 Å². The Morgan fingerprint density at radius 2 is 2.05 bits per heavy atom. The highest BCUT2D eigenvalue weighted by atomic mass is 79.9. The third-order valence-corrected chi connectivity index (χ3v) is 3.32. The molecule has 2 rings (SSSR count). The molecule has 2 aromatic carbocycles. The molecule has 0 fully saturated rings. The van der Waals surface area contributed by atoms with Gasteiger partial charge in [0.25, 0.3) is 5.69 Å². The molecule has 0 aliphatic heterocycles. The molecular formula is C14H13BrN2O3. The van der Waals surface area contributed by atoms with Crippen LogP contribution in [0.3, 0.4) is 0 Å². The van der Waals surface area contributed by atoms with Gasteiger partial charge in [0, 0.05) is 16.2 Å². The van der Waals surface area contributed by atoms with Crippen LogP contribution in [0.25, 0.3) is 0 Å². The largest absolute Gasteiger partial charge is 0.488 e. The summed E-state index contributed by atoms with van der Waals surface area (Å²) < 4.78 is 6.30. The minimum absolute atomic E-state index is 0.0347. The molecule has 20 heavy (non-hydrogen) atoms. The Bertz CT molecular complexity index is 659. The van der Waals surface area contributed by atoms with E-state index in [4.69, 9.17) is 10.5 Å². The lowest BCUT2D eigenvalue weighted by Crippen LogP contribution is -2.01. The molecular weight excluding hydrogens is 324 g/mol. The first kappa shape index (κ1) is 14.3. The number of hydrogen-bond acceptors (Lipinski definition) is 4. The monoisotopic (exact) mass is 336 g/mol. The molecule has 0 aliphatic carbocycles. The van der Waals surface area contributed by atoms with Crippen LogP contribution in [0.15, 0.2) is 40.9 Å². The fourth-order valence-electron chi connectivity index (χ4n) is 1.82. The smallest absolute Gasteiger partial charge is 0.277 e. The molecule has 0 saturated carbocycles. The summed E-state index contributed by atoms with van der Waals surface area (Å²) in [6, 6.07) is 10.2. The van der Waals surface area contributed by atoms with Crippen LogP contribution >= 0.6 is 15.9 Å². The number of nitrogen functional groups attached to an aromatic ring is 1. The van der Waals surface area contributed by atoms with Crippen molar-refractivity contribution in [3.8, 4) is 5.75 Å². The van der Waals surface area contributed by atoms with Crippen molar-refractivity contribution in [3.05, 3.63) is 62.1 Å². The lowest BCUT2D eigenvalue weighted by atomic mass is 10.2. The molecule has 0 amide bonds. The summed E-state index contributed by atoms with van der Waals surface area (Å²) in [5, 5.41) is 11.0. The fourth-order valence-corrected chi connectivity index (χ4v) is 2.17. The summed E-state index contributed by atoms with van der Waals surface area (Å²) in [7, 11) is 0. The fraction of sp³-hybridized carbons (Fsp3) is 0.143. The van der Waals surface area contributed by atoms with Gasteiger partial charge in [-0.15, -0.1) is 0 Å². The highest BCUT2D eigenvalue weighted by Gasteiger charge is 2.14. The summed E-state index contributed by atoms with van der Waals surface area (Å²) in [4.78, 5) is 10.6. The molecule has 0 heterocycles. The molecule has 0 aliphatic rings. The predicted molar refractivity (Wildman–Crippen MR) is 80.7 cm³/mol. The van der Waals surface area contributed by atoms with Crippen molar-refractivity contribution >= 4 is 27.3 Å². The van der Waals surface area contributed by atoms with Gasteiger partial charge in [0.2, 0.25) is 0 Å². The molecule has 0 aromatic heterocycles. The van der Waals surface area contributed by atoms with Crippen LogP contribution in [0.1, 0.15) is 11.1 Å². The number of aryl methyl sites for hydroxylation is 1. The molecule has 0 atom stereocenters. The van der Waals surface area contributed by atoms with E-state index in [1.54, 1.807) is 30.3 Å². The third-order valence-electron chi connectivity index (χ3n) is 2.83. The Morgan fingerprint density at radius 1 is 1.30 bits per heavy atom. The second-order valence-electron chi connectivity index (χ2n) is 4.34. The van der Waals surface area contributed by atoms with Gasteiger partial charge >= 0.3 is 0 Å². The van der Waals surface area contributed by atoms with Crippen molar-refractivity contribution in [2.24, 2.45) is 0 Å². The molecule has 0 radical (unpaired) electrons. The number of ether oxygens (including phenoxy) is 1. The molecule has 2 N–H and O–H groups in total. The maximum absolute atomic E-state index is 11.0. The molecule has 6 heteroatoms. The summed E-state index contributed by atoms with van der Waals surface area (Å²) in [5.41, 5.74) is 7.77. The van der Waals surface area contributed by atoms with Crippen LogP contribution in [0, 0.1) is 17.0 Å². The zero-order chi connectivity index (χ0) is 14.7. The van der Waals surface area contributed by atoms with Gasteiger partial charge in [-0.1, -0.05) is 15.9 Å². The van der Waals surface area contributed by atoms with Crippen LogP contribution < -0.4 is 10.5 Å². The average Bonchev–Trinajstić information content (AvgIpc) is 2.38. The van der Waals surface area contributed by atoms with Crippen molar-refractivity contribution < 1.29 is 9.66 Å². The van der Waals surface area contributed by atoms with E-state index in [2.05, 4.69) is 15.9 Å². The van der Waals surface area contributed by atoms with Gasteiger partial charge in [0.1, 0.15) is 12.4 Å². The lowest BCUT2D eigenvalue weighted by molar-refractivity contribution is -0.385. The number of nitrogens with two attached hydrogens (primary N) is 1. The SMILES string of the molecule is Cc1cc(N)ccc1OCc1ccc(Br)cc1[N+](=O)[O-]. The number of hydrogen-bond donors (Lipinski definition) is 1. The number of halogens is 1. The zero-order valence-corrected chi connectivity index (χ0v) is 12.4. The molecule has 104 valence electrons. The van der Waals surface area contributed by atoms with E-state index in [0.29, 0.717) is 21.5 Å². The van der Waals surface area contributed by atoms with Gasteiger partial charge in [0.15, 0.2) is 0 Å². The van der Waals surface area contributed by atoms with Gasteiger partial charge in [-0.2, -0.15) is 0 Å². The van der Waals surface area contributed by atoms with Crippen molar-refractivity contribution in [3.63, 3.8) is 0 Å². The Kier molecular flexibility index (Phi) is 4.24. The lowest BCUT2D eigenvalue weighted by Gasteiger charge is -2.10. The van der Waals surface area contributed by atoms with Gasteiger partial charge in [-0.25, -0.2) is 0 Å². The zero-order valence-electron chi connectivity index (χ0n) is 10.8. The number of anilines is 1.